The van der Waals surface area contributed by atoms with Crippen molar-refractivity contribution < 1.29 is 9.53 Å². The van der Waals surface area contributed by atoms with Gasteiger partial charge in [-0.15, -0.1) is 16.8 Å². The fourth-order valence-corrected chi connectivity index (χ4v) is 4.29. The highest BCUT2D eigenvalue weighted by atomic mass is 35.5. The maximum Gasteiger partial charge on any atom is 0.234 e. The number of hydrogen-bond donors (Lipinski definition) is 1. The van der Waals surface area contributed by atoms with E-state index in [4.69, 9.17) is 51.1 Å². The quantitative estimate of drug-likeness (QED) is 0.263. The Morgan fingerprint density at radius 1 is 1.10 bits per heavy atom. The highest BCUT2D eigenvalue weighted by Crippen LogP contribution is 2.28. The topological polar surface area (TPSA) is 69.0 Å². The van der Waals surface area contributed by atoms with Crippen LogP contribution in [0.3, 0.4) is 0 Å². The first-order valence-corrected chi connectivity index (χ1v) is 11.3. The molecule has 2 aromatic carbocycles. The number of nitrogens with zero attached hydrogens (tertiary/aromatic N) is 3. The van der Waals surface area contributed by atoms with Crippen molar-refractivity contribution in [2.24, 2.45) is 0 Å². The van der Waals surface area contributed by atoms with Crippen LogP contribution in [0.15, 0.2) is 54.2 Å². The molecule has 1 heterocycles. The Kier molecular flexibility index (Phi) is 8.51. The molecule has 0 radical (unpaired) electrons. The second-order valence-corrected chi connectivity index (χ2v) is 8.82. The molecular formula is C20H16Cl4N4O2S. The highest BCUT2D eigenvalue weighted by Gasteiger charge is 2.15. The Labute approximate surface area is 203 Å². The Hall–Kier alpha value is -1.90. The van der Waals surface area contributed by atoms with Gasteiger partial charge in [0.25, 0.3) is 0 Å². The van der Waals surface area contributed by atoms with Crippen molar-refractivity contribution in [1.29, 1.82) is 0 Å². The molecule has 1 N–H and O–H groups in total. The molecule has 162 valence electrons. The lowest BCUT2D eigenvalue weighted by molar-refractivity contribution is -0.113. The second kappa shape index (κ2) is 11.1. The summed E-state index contributed by atoms with van der Waals surface area (Å²) in [7, 11) is 0. The summed E-state index contributed by atoms with van der Waals surface area (Å²) < 4.78 is 7.55. The summed E-state index contributed by atoms with van der Waals surface area (Å²) in [6, 6.07) is 9.79. The molecule has 3 aromatic rings. The minimum atomic E-state index is -0.234. The molecule has 0 atom stereocenters. The maximum atomic E-state index is 12.3. The number of allylic oxidation sites excluding steroid dienone is 1. The zero-order valence-corrected chi connectivity index (χ0v) is 19.8. The predicted octanol–water partition coefficient (Wildman–Crippen LogP) is 6.39. The van der Waals surface area contributed by atoms with E-state index < -0.39 is 0 Å². The summed E-state index contributed by atoms with van der Waals surface area (Å²) in [5, 5.41) is 13.4. The fraction of sp³-hybridized carbons (Fsp3) is 0.150. The lowest BCUT2D eigenvalue weighted by atomic mass is 10.3. The summed E-state index contributed by atoms with van der Waals surface area (Å²) in [6.45, 7) is 4.35. The van der Waals surface area contributed by atoms with Crippen LogP contribution in [0, 0.1) is 0 Å². The van der Waals surface area contributed by atoms with E-state index in [1.807, 2.05) is 4.57 Å². The molecule has 0 spiro atoms. The average Bonchev–Trinajstić information content (AvgIpc) is 3.07. The molecule has 0 fully saturated rings. The molecule has 0 unspecified atom stereocenters. The highest BCUT2D eigenvalue weighted by molar-refractivity contribution is 7.99. The van der Waals surface area contributed by atoms with Crippen LogP contribution >= 0.6 is 58.2 Å². The SMILES string of the molecule is C=CCn1c(COc2ccc(Cl)cc2Cl)nnc1SCC(=O)Nc1cc(Cl)cc(Cl)c1. The Balaban J connectivity index is 1.64. The van der Waals surface area contributed by atoms with Crippen LogP contribution < -0.4 is 10.1 Å². The molecule has 0 saturated carbocycles. The van der Waals surface area contributed by atoms with Crippen molar-refractivity contribution in [3.8, 4) is 5.75 Å². The molecule has 3 rings (SSSR count). The van der Waals surface area contributed by atoms with Gasteiger partial charge in [-0.3, -0.25) is 9.36 Å². The van der Waals surface area contributed by atoms with Gasteiger partial charge in [0.1, 0.15) is 12.4 Å². The summed E-state index contributed by atoms with van der Waals surface area (Å²) in [4.78, 5) is 12.3. The van der Waals surface area contributed by atoms with Crippen molar-refractivity contribution in [3.63, 3.8) is 0 Å². The van der Waals surface area contributed by atoms with Gasteiger partial charge < -0.3 is 10.1 Å². The van der Waals surface area contributed by atoms with E-state index >= 15 is 0 Å². The molecule has 1 aromatic heterocycles. The molecule has 0 aliphatic heterocycles. The number of halogens is 4. The van der Waals surface area contributed by atoms with E-state index in [0.717, 1.165) is 0 Å². The normalized spacial score (nSPS) is 10.7. The van der Waals surface area contributed by atoms with Gasteiger partial charge in [0.05, 0.1) is 10.8 Å². The lowest BCUT2D eigenvalue weighted by Gasteiger charge is -2.10. The maximum absolute atomic E-state index is 12.3. The van der Waals surface area contributed by atoms with Crippen LogP contribution in [0.1, 0.15) is 5.82 Å². The monoisotopic (exact) mass is 516 g/mol. The minimum Gasteiger partial charge on any atom is -0.484 e. The predicted molar refractivity (Wildman–Crippen MR) is 127 cm³/mol. The smallest absolute Gasteiger partial charge is 0.234 e. The van der Waals surface area contributed by atoms with Crippen molar-refractivity contribution in [3.05, 3.63) is 75.0 Å². The van der Waals surface area contributed by atoms with Crippen molar-refractivity contribution >= 4 is 69.8 Å². The van der Waals surface area contributed by atoms with Crippen LogP contribution in [0.25, 0.3) is 0 Å². The van der Waals surface area contributed by atoms with Gasteiger partial charge >= 0.3 is 0 Å². The molecule has 31 heavy (non-hydrogen) atoms. The first-order chi connectivity index (χ1) is 14.9. The summed E-state index contributed by atoms with van der Waals surface area (Å²) in [5.41, 5.74) is 0.518. The number of hydrogen-bond acceptors (Lipinski definition) is 5. The van der Waals surface area contributed by atoms with Crippen LogP contribution in [0.2, 0.25) is 20.1 Å². The van der Waals surface area contributed by atoms with E-state index in [1.54, 1.807) is 42.5 Å². The van der Waals surface area contributed by atoms with Gasteiger partial charge in [-0.05, 0) is 36.4 Å². The van der Waals surface area contributed by atoms with Crippen molar-refractivity contribution in [2.45, 2.75) is 18.3 Å². The third-order valence-corrected chi connectivity index (χ3v) is 5.77. The van der Waals surface area contributed by atoms with E-state index in [9.17, 15) is 4.79 Å². The van der Waals surface area contributed by atoms with Gasteiger partial charge in [-0.25, -0.2) is 0 Å². The Bertz CT molecular complexity index is 1090. The van der Waals surface area contributed by atoms with Crippen molar-refractivity contribution in [2.75, 3.05) is 11.1 Å². The van der Waals surface area contributed by atoms with Gasteiger partial charge in [0.2, 0.25) is 5.91 Å². The van der Waals surface area contributed by atoms with E-state index in [0.29, 0.717) is 49.1 Å². The van der Waals surface area contributed by atoms with Crippen LogP contribution in [-0.2, 0) is 17.9 Å². The van der Waals surface area contributed by atoms with Gasteiger partial charge in [0.15, 0.2) is 11.0 Å². The summed E-state index contributed by atoms with van der Waals surface area (Å²) in [6.07, 6.45) is 1.71. The number of ether oxygens (including phenoxy) is 1. The summed E-state index contributed by atoms with van der Waals surface area (Å²) >= 11 is 25.2. The Morgan fingerprint density at radius 2 is 1.84 bits per heavy atom. The third kappa shape index (κ3) is 6.79. The largest absolute Gasteiger partial charge is 0.484 e. The van der Waals surface area contributed by atoms with Crippen molar-refractivity contribution in [1.82, 2.24) is 14.8 Å². The van der Waals surface area contributed by atoms with Gasteiger partial charge in [-0.2, -0.15) is 0 Å². The van der Waals surface area contributed by atoms with E-state index in [-0.39, 0.29) is 18.3 Å². The first kappa shape index (κ1) is 23.8. The third-order valence-electron chi connectivity index (χ3n) is 3.83. The zero-order valence-electron chi connectivity index (χ0n) is 15.9. The number of aromatic nitrogens is 3. The standard InChI is InChI=1S/C20H16Cl4N4O2S/c1-2-5-28-18(10-30-17-4-3-12(21)9-16(17)24)26-27-20(28)31-11-19(29)25-15-7-13(22)6-14(23)8-15/h2-4,6-9H,1,5,10-11H2,(H,25,29). The Morgan fingerprint density at radius 3 is 2.52 bits per heavy atom. The molecule has 0 bridgehead atoms. The van der Waals surface area contributed by atoms with E-state index in [2.05, 4.69) is 22.1 Å². The molecule has 0 aliphatic rings. The number of thioether (sulfide) groups is 1. The average molecular weight is 518 g/mol. The minimum absolute atomic E-state index is 0.114. The molecule has 0 saturated heterocycles. The summed E-state index contributed by atoms with van der Waals surface area (Å²) in [5.74, 6) is 0.925. The molecule has 0 aliphatic carbocycles. The molecule has 6 nitrogen and oxygen atoms in total. The van der Waals surface area contributed by atoms with Crippen LogP contribution in [-0.4, -0.2) is 26.4 Å². The van der Waals surface area contributed by atoms with E-state index in [1.165, 1.54) is 11.8 Å². The van der Waals surface area contributed by atoms with Gasteiger partial charge in [0, 0.05) is 27.3 Å². The van der Waals surface area contributed by atoms with Gasteiger partial charge in [-0.1, -0.05) is 64.2 Å². The number of amides is 1. The molecule has 1 amide bonds. The number of nitrogens with one attached hydrogen (secondary N) is 1. The number of rotatable bonds is 9. The number of anilines is 1. The lowest BCUT2D eigenvalue weighted by Crippen LogP contribution is -2.15. The number of carbonyl (C=O) groups is 1. The zero-order chi connectivity index (χ0) is 22.4. The number of carbonyl (C=O) groups excluding carboxylic acids is 1. The molecular weight excluding hydrogens is 502 g/mol. The van der Waals surface area contributed by atoms with Crippen LogP contribution in [0.4, 0.5) is 5.69 Å². The van der Waals surface area contributed by atoms with Crippen LogP contribution in [0.5, 0.6) is 5.75 Å². The fourth-order valence-electron chi connectivity index (χ4n) is 2.53. The number of benzene rings is 2. The molecule has 11 heteroatoms. The second-order valence-electron chi connectivity index (χ2n) is 6.16. The first-order valence-electron chi connectivity index (χ1n) is 8.85.